The molecule has 2 rings (SSSR count). The van der Waals surface area contributed by atoms with Crippen molar-refractivity contribution in [2.24, 2.45) is 0 Å². The minimum atomic E-state index is -4.29. The van der Waals surface area contributed by atoms with Crippen LogP contribution in [0.5, 0.6) is 0 Å². The van der Waals surface area contributed by atoms with E-state index in [-0.39, 0.29) is 12.0 Å². The predicted octanol–water partition coefficient (Wildman–Crippen LogP) is 5.91. The Morgan fingerprint density at radius 3 is 2.80 bits per heavy atom. The molecule has 0 amide bonds. The van der Waals surface area contributed by atoms with Gasteiger partial charge in [-0.25, -0.2) is 0 Å². The molecule has 0 aliphatic carbocycles. The smallest absolute Gasteiger partial charge is 0.372 e. The van der Waals surface area contributed by atoms with Crippen molar-refractivity contribution in [2.75, 3.05) is 13.2 Å². The first-order valence-corrected chi connectivity index (χ1v) is 7.93. The molecule has 1 aromatic heterocycles. The number of fused-ring (bicyclic) bond motifs is 1. The maximum absolute atomic E-state index is 11.9. The molecular weight excluding hydrogens is 377 g/mol. The van der Waals surface area contributed by atoms with Gasteiger partial charge in [0.25, 0.3) is 0 Å². The standard InChI is InChI=1S/C13H11BrClF3OS/c14-10-3-1-2-8-9(6-20-12(8)10)11(15)4-5-19-7-13(16,17)18/h1-3,6,11H,4-5,7H2. The molecule has 2 aromatic rings. The van der Waals surface area contributed by atoms with Gasteiger partial charge in [-0.2, -0.15) is 13.2 Å². The Hall–Kier alpha value is -0.300. The molecule has 0 fully saturated rings. The number of hydrogen-bond acceptors (Lipinski definition) is 2. The Morgan fingerprint density at radius 2 is 2.10 bits per heavy atom. The predicted molar refractivity (Wildman–Crippen MR) is 79.6 cm³/mol. The third-order valence-electron chi connectivity index (χ3n) is 2.70. The molecular formula is C13H11BrClF3OS. The SMILES string of the molecule is FC(F)(F)COCCC(Cl)c1csc2c(Br)cccc12. The molecule has 1 nitrogen and oxygen atoms in total. The fourth-order valence-electron chi connectivity index (χ4n) is 1.81. The lowest BCUT2D eigenvalue weighted by Crippen LogP contribution is -2.17. The van der Waals surface area contributed by atoms with E-state index in [2.05, 4.69) is 20.7 Å². The van der Waals surface area contributed by atoms with E-state index < -0.39 is 12.8 Å². The number of alkyl halides is 4. The largest absolute Gasteiger partial charge is 0.411 e. The zero-order valence-corrected chi connectivity index (χ0v) is 13.4. The zero-order valence-electron chi connectivity index (χ0n) is 10.2. The van der Waals surface area contributed by atoms with Crippen LogP contribution in [-0.2, 0) is 4.74 Å². The zero-order chi connectivity index (χ0) is 14.8. The van der Waals surface area contributed by atoms with Gasteiger partial charge in [-0.1, -0.05) is 12.1 Å². The number of rotatable bonds is 5. The molecule has 7 heteroatoms. The minimum absolute atomic E-state index is 0.0149. The van der Waals surface area contributed by atoms with E-state index in [1.807, 2.05) is 23.6 Å². The van der Waals surface area contributed by atoms with Crippen molar-refractivity contribution in [3.05, 3.63) is 33.6 Å². The summed E-state index contributed by atoms with van der Waals surface area (Å²) in [5.41, 5.74) is 0.934. The lowest BCUT2D eigenvalue weighted by molar-refractivity contribution is -0.174. The van der Waals surface area contributed by atoms with Crippen LogP contribution in [-0.4, -0.2) is 19.4 Å². The molecule has 0 bridgehead atoms. The molecule has 0 saturated heterocycles. The van der Waals surface area contributed by atoms with E-state index >= 15 is 0 Å². The second-order valence-corrected chi connectivity index (χ2v) is 6.49. The highest BCUT2D eigenvalue weighted by Crippen LogP contribution is 2.38. The van der Waals surface area contributed by atoms with Gasteiger partial charge in [-0.3, -0.25) is 0 Å². The third-order valence-corrected chi connectivity index (χ3v) is 5.12. The van der Waals surface area contributed by atoms with E-state index in [1.165, 1.54) is 0 Å². The normalized spacial score (nSPS) is 13.8. The van der Waals surface area contributed by atoms with Crippen LogP contribution in [0.1, 0.15) is 17.4 Å². The van der Waals surface area contributed by atoms with Crippen LogP contribution < -0.4 is 0 Å². The average Bonchev–Trinajstić information content (AvgIpc) is 2.78. The van der Waals surface area contributed by atoms with Gasteiger partial charge in [0, 0.05) is 15.8 Å². The van der Waals surface area contributed by atoms with Crippen molar-refractivity contribution in [1.82, 2.24) is 0 Å². The summed E-state index contributed by atoms with van der Waals surface area (Å²) in [6, 6.07) is 5.81. The lowest BCUT2D eigenvalue weighted by atomic mass is 10.1. The van der Waals surface area contributed by atoms with E-state index in [0.717, 1.165) is 20.1 Å². The Kier molecular flexibility index (Phi) is 5.34. The Bertz CT molecular complexity index is 584. The summed E-state index contributed by atoms with van der Waals surface area (Å²) in [5, 5.41) is 2.61. The topological polar surface area (TPSA) is 9.23 Å². The Morgan fingerprint density at radius 1 is 1.35 bits per heavy atom. The quantitative estimate of drug-likeness (QED) is 0.457. The van der Waals surface area contributed by atoms with Crippen LogP contribution in [0.25, 0.3) is 10.1 Å². The Labute approximate surface area is 131 Å². The molecule has 1 atom stereocenters. The van der Waals surface area contributed by atoms with Gasteiger partial charge in [0.15, 0.2) is 0 Å². The fraction of sp³-hybridized carbons (Fsp3) is 0.385. The van der Waals surface area contributed by atoms with E-state index in [9.17, 15) is 13.2 Å². The number of hydrogen-bond donors (Lipinski definition) is 0. The molecule has 110 valence electrons. The highest BCUT2D eigenvalue weighted by molar-refractivity contribution is 9.10. The van der Waals surface area contributed by atoms with Gasteiger partial charge >= 0.3 is 6.18 Å². The van der Waals surface area contributed by atoms with E-state index in [0.29, 0.717) is 6.42 Å². The van der Waals surface area contributed by atoms with Gasteiger partial charge in [0.1, 0.15) is 6.61 Å². The van der Waals surface area contributed by atoms with Crippen molar-refractivity contribution >= 4 is 49.0 Å². The van der Waals surface area contributed by atoms with Gasteiger partial charge < -0.3 is 4.74 Å². The van der Waals surface area contributed by atoms with Crippen LogP contribution in [0.3, 0.4) is 0 Å². The summed E-state index contributed by atoms with van der Waals surface area (Å²) in [7, 11) is 0. The van der Waals surface area contributed by atoms with Gasteiger partial charge in [-0.05, 0) is 44.7 Å². The van der Waals surface area contributed by atoms with Crippen LogP contribution in [0.15, 0.2) is 28.1 Å². The molecule has 0 aliphatic rings. The molecule has 1 aromatic carbocycles. The first-order chi connectivity index (χ1) is 9.38. The van der Waals surface area contributed by atoms with Crippen LogP contribution in [0.2, 0.25) is 0 Å². The van der Waals surface area contributed by atoms with Crippen LogP contribution in [0.4, 0.5) is 13.2 Å². The average molecular weight is 388 g/mol. The van der Waals surface area contributed by atoms with E-state index in [4.69, 9.17) is 11.6 Å². The molecule has 0 N–H and O–H groups in total. The van der Waals surface area contributed by atoms with Crippen molar-refractivity contribution in [2.45, 2.75) is 18.0 Å². The Balaban J connectivity index is 1.98. The number of ether oxygens (including phenoxy) is 1. The minimum Gasteiger partial charge on any atom is -0.372 e. The second-order valence-electron chi connectivity index (χ2n) is 4.23. The maximum Gasteiger partial charge on any atom is 0.411 e. The maximum atomic E-state index is 11.9. The monoisotopic (exact) mass is 386 g/mol. The summed E-state index contributed by atoms with van der Waals surface area (Å²) in [6.45, 7) is -1.24. The van der Waals surface area contributed by atoms with Crippen molar-refractivity contribution < 1.29 is 17.9 Å². The lowest BCUT2D eigenvalue weighted by Gasteiger charge is -2.11. The third kappa shape index (κ3) is 4.10. The van der Waals surface area contributed by atoms with E-state index in [1.54, 1.807) is 11.3 Å². The van der Waals surface area contributed by atoms with Crippen molar-refractivity contribution in [3.63, 3.8) is 0 Å². The summed E-state index contributed by atoms with van der Waals surface area (Å²) in [6.07, 6.45) is -3.95. The molecule has 0 spiro atoms. The van der Waals surface area contributed by atoms with Crippen LogP contribution in [0, 0.1) is 0 Å². The summed E-state index contributed by atoms with van der Waals surface area (Å²) in [5.74, 6) is 0. The molecule has 20 heavy (non-hydrogen) atoms. The first kappa shape index (κ1) is 16.1. The van der Waals surface area contributed by atoms with Crippen LogP contribution >= 0.6 is 38.9 Å². The summed E-state index contributed by atoms with van der Waals surface area (Å²) < 4.78 is 42.5. The van der Waals surface area contributed by atoms with Gasteiger partial charge in [0.2, 0.25) is 0 Å². The molecule has 1 unspecified atom stereocenters. The number of halogens is 5. The van der Waals surface area contributed by atoms with Crippen molar-refractivity contribution in [3.8, 4) is 0 Å². The summed E-state index contributed by atoms with van der Waals surface area (Å²) >= 11 is 11.3. The molecule has 0 radical (unpaired) electrons. The molecule has 1 heterocycles. The molecule has 0 saturated carbocycles. The number of benzene rings is 1. The van der Waals surface area contributed by atoms with Crippen molar-refractivity contribution in [1.29, 1.82) is 0 Å². The highest BCUT2D eigenvalue weighted by atomic mass is 79.9. The number of thiophene rings is 1. The first-order valence-electron chi connectivity index (χ1n) is 5.82. The second kappa shape index (κ2) is 6.64. The molecule has 0 aliphatic heterocycles. The fourth-order valence-corrected chi connectivity index (χ4v) is 3.84. The highest BCUT2D eigenvalue weighted by Gasteiger charge is 2.27. The van der Waals surface area contributed by atoms with Gasteiger partial charge in [-0.15, -0.1) is 22.9 Å². The van der Waals surface area contributed by atoms with Gasteiger partial charge in [0.05, 0.1) is 5.38 Å². The summed E-state index contributed by atoms with van der Waals surface area (Å²) in [4.78, 5) is 0.